The lowest BCUT2D eigenvalue weighted by Crippen LogP contribution is -2.29. The van der Waals surface area contributed by atoms with E-state index in [1.807, 2.05) is 36.9 Å². The van der Waals surface area contributed by atoms with E-state index in [4.69, 9.17) is 0 Å². The fraction of sp³-hybridized carbons (Fsp3) is 0.286. The van der Waals surface area contributed by atoms with Crippen LogP contribution in [0, 0.1) is 13.8 Å². The molecule has 0 spiro atoms. The molecule has 3 aromatic heterocycles. The van der Waals surface area contributed by atoms with E-state index in [0.29, 0.717) is 18.2 Å². The van der Waals surface area contributed by atoms with Crippen LogP contribution >= 0.6 is 0 Å². The number of nitrogens with zero attached hydrogens (tertiary/aromatic N) is 5. The molecule has 1 aliphatic heterocycles. The standard InChI is InChI=1S/C21H23N7O/c1-14-5-3-9-23-21(14)27-19-11-17(25-15(2)26-19)18-6-4-10-28(18)20(29)8-7-16-12-22-13-24-16/h3,5,7-9,11-13,18H,4,6,10H2,1-2H3,(H,22,24)(H,23,25,26,27)/b8-7+/t18-/m1/s1. The Bertz CT molecular complexity index is 1030. The van der Waals surface area contributed by atoms with Crippen LogP contribution in [-0.2, 0) is 4.79 Å². The number of H-pyrrole nitrogens is 1. The molecular weight excluding hydrogens is 366 g/mol. The van der Waals surface area contributed by atoms with Crippen LogP contribution in [0.3, 0.4) is 0 Å². The van der Waals surface area contributed by atoms with Gasteiger partial charge in [-0.05, 0) is 44.4 Å². The molecule has 8 nitrogen and oxygen atoms in total. The highest BCUT2D eigenvalue weighted by Crippen LogP contribution is 2.32. The van der Waals surface area contributed by atoms with Crippen molar-refractivity contribution < 1.29 is 4.79 Å². The topological polar surface area (TPSA) is 99.7 Å². The summed E-state index contributed by atoms with van der Waals surface area (Å²) < 4.78 is 0. The van der Waals surface area contributed by atoms with Gasteiger partial charge >= 0.3 is 0 Å². The summed E-state index contributed by atoms with van der Waals surface area (Å²) in [5.74, 6) is 2.07. The van der Waals surface area contributed by atoms with Crippen LogP contribution in [0.1, 0.15) is 41.7 Å². The van der Waals surface area contributed by atoms with E-state index >= 15 is 0 Å². The van der Waals surface area contributed by atoms with Crippen molar-refractivity contribution >= 4 is 23.6 Å². The van der Waals surface area contributed by atoms with E-state index in [-0.39, 0.29) is 11.9 Å². The van der Waals surface area contributed by atoms with Gasteiger partial charge in [-0.3, -0.25) is 4.79 Å². The first-order chi connectivity index (χ1) is 14.1. The monoisotopic (exact) mass is 389 g/mol. The van der Waals surface area contributed by atoms with Crippen LogP contribution < -0.4 is 5.32 Å². The van der Waals surface area contributed by atoms with Gasteiger partial charge in [0.05, 0.1) is 30.0 Å². The third-order valence-corrected chi connectivity index (χ3v) is 4.92. The van der Waals surface area contributed by atoms with Crippen LogP contribution in [0.25, 0.3) is 6.08 Å². The fourth-order valence-electron chi connectivity index (χ4n) is 3.52. The fourth-order valence-corrected chi connectivity index (χ4v) is 3.52. The van der Waals surface area contributed by atoms with Gasteiger partial charge in [0.2, 0.25) is 5.91 Å². The molecule has 3 aromatic rings. The second-order valence-corrected chi connectivity index (χ2v) is 7.05. The van der Waals surface area contributed by atoms with Gasteiger partial charge in [0.1, 0.15) is 17.5 Å². The van der Waals surface area contributed by atoms with Crippen molar-refractivity contribution in [3.8, 4) is 0 Å². The molecule has 0 saturated carbocycles. The van der Waals surface area contributed by atoms with E-state index in [9.17, 15) is 4.79 Å². The zero-order valence-electron chi connectivity index (χ0n) is 16.5. The Hall–Kier alpha value is -3.55. The second-order valence-electron chi connectivity index (χ2n) is 7.05. The Labute approximate surface area is 169 Å². The van der Waals surface area contributed by atoms with Crippen molar-refractivity contribution in [2.24, 2.45) is 0 Å². The summed E-state index contributed by atoms with van der Waals surface area (Å²) in [6.07, 6.45) is 10.2. The lowest BCUT2D eigenvalue weighted by Gasteiger charge is -2.23. The number of carbonyl (C=O) groups excluding carboxylic acids is 1. The maximum atomic E-state index is 12.8. The first kappa shape index (κ1) is 18.8. The number of hydrogen-bond acceptors (Lipinski definition) is 6. The summed E-state index contributed by atoms with van der Waals surface area (Å²) in [6, 6.07) is 5.74. The summed E-state index contributed by atoms with van der Waals surface area (Å²) in [4.78, 5) is 35.0. The van der Waals surface area contributed by atoms with Crippen LogP contribution in [-0.4, -0.2) is 42.3 Å². The molecule has 1 aliphatic rings. The van der Waals surface area contributed by atoms with Gasteiger partial charge in [-0.15, -0.1) is 0 Å². The molecule has 0 aliphatic carbocycles. The summed E-state index contributed by atoms with van der Waals surface area (Å²) in [5.41, 5.74) is 2.67. The van der Waals surface area contributed by atoms with Crippen molar-refractivity contribution in [1.82, 2.24) is 29.8 Å². The number of aromatic amines is 1. The molecular formula is C21H23N7O. The molecule has 148 valence electrons. The number of imidazole rings is 1. The Balaban J connectivity index is 1.56. The minimum atomic E-state index is -0.0685. The number of likely N-dealkylation sites (tertiary alicyclic amines) is 1. The van der Waals surface area contributed by atoms with Gasteiger partial charge in [-0.2, -0.15) is 0 Å². The number of aromatic nitrogens is 5. The molecule has 4 rings (SSSR count). The van der Waals surface area contributed by atoms with Crippen molar-refractivity contribution in [1.29, 1.82) is 0 Å². The van der Waals surface area contributed by atoms with Crippen molar-refractivity contribution in [2.75, 3.05) is 11.9 Å². The lowest BCUT2D eigenvalue weighted by atomic mass is 10.1. The van der Waals surface area contributed by atoms with E-state index < -0.39 is 0 Å². The summed E-state index contributed by atoms with van der Waals surface area (Å²) in [7, 11) is 0. The maximum Gasteiger partial charge on any atom is 0.247 e. The number of aryl methyl sites for hydroxylation is 2. The first-order valence-corrected chi connectivity index (χ1v) is 9.61. The Kier molecular flexibility index (Phi) is 5.33. The number of anilines is 2. The minimum Gasteiger partial charge on any atom is -0.345 e. The van der Waals surface area contributed by atoms with Crippen molar-refractivity contribution in [2.45, 2.75) is 32.7 Å². The molecule has 0 unspecified atom stereocenters. The van der Waals surface area contributed by atoms with E-state index in [0.717, 1.165) is 35.6 Å². The van der Waals surface area contributed by atoms with Crippen molar-refractivity contribution in [3.05, 3.63) is 65.8 Å². The van der Waals surface area contributed by atoms with Gasteiger partial charge < -0.3 is 15.2 Å². The molecule has 0 aromatic carbocycles. The number of hydrogen-bond donors (Lipinski definition) is 2. The smallest absolute Gasteiger partial charge is 0.247 e. The van der Waals surface area contributed by atoms with Crippen LogP contribution in [0.2, 0.25) is 0 Å². The minimum absolute atomic E-state index is 0.0338. The van der Waals surface area contributed by atoms with Crippen LogP contribution in [0.15, 0.2) is 43.0 Å². The molecule has 4 heterocycles. The zero-order chi connectivity index (χ0) is 20.2. The number of amides is 1. The number of carbonyl (C=O) groups is 1. The lowest BCUT2D eigenvalue weighted by molar-refractivity contribution is -0.126. The predicted molar refractivity (Wildman–Crippen MR) is 110 cm³/mol. The highest BCUT2D eigenvalue weighted by atomic mass is 16.2. The average Bonchev–Trinajstić information content (AvgIpc) is 3.39. The zero-order valence-corrected chi connectivity index (χ0v) is 16.5. The summed E-state index contributed by atoms with van der Waals surface area (Å²) in [5, 5.41) is 3.27. The van der Waals surface area contributed by atoms with E-state index in [1.165, 1.54) is 0 Å². The SMILES string of the molecule is Cc1nc(Nc2ncccc2C)cc([C@H]2CCCN2C(=O)/C=C/c2cnc[nH]2)n1. The van der Waals surface area contributed by atoms with Crippen LogP contribution in [0.5, 0.6) is 0 Å². The van der Waals surface area contributed by atoms with E-state index in [2.05, 4.69) is 30.2 Å². The third-order valence-electron chi connectivity index (χ3n) is 4.92. The number of rotatable bonds is 5. The maximum absolute atomic E-state index is 12.8. The molecule has 0 bridgehead atoms. The highest BCUT2D eigenvalue weighted by Gasteiger charge is 2.30. The largest absolute Gasteiger partial charge is 0.345 e. The second kappa shape index (κ2) is 8.22. The van der Waals surface area contributed by atoms with Crippen LogP contribution in [0.4, 0.5) is 11.6 Å². The van der Waals surface area contributed by atoms with Gasteiger partial charge in [-0.25, -0.2) is 19.9 Å². The van der Waals surface area contributed by atoms with Gasteiger partial charge in [0.25, 0.3) is 0 Å². The molecule has 2 N–H and O–H groups in total. The Morgan fingerprint density at radius 1 is 1.34 bits per heavy atom. The Morgan fingerprint density at radius 3 is 3.03 bits per heavy atom. The van der Waals surface area contributed by atoms with Gasteiger partial charge in [0.15, 0.2) is 0 Å². The molecule has 0 radical (unpaired) electrons. The number of pyridine rings is 1. The van der Waals surface area contributed by atoms with Gasteiger partial charge in [0, 0.05) is 24.9 Å². The van der Waals surface area contributed by atoms with Crippen molar-refractivity contribution in [3.63, 3.8) is 0 Å². The predicted octanol–water partition coefficient (Wildman–Crippen LogP) is 3.33. The quantitative estimate of drug-likeness (QED) is 0.649. The van der Waals surface area contributed by atoms with E-state index in [1.54, 1.807) is 30.9 Å². The molecule has 8 heteroatoms. The average molecular weight is 389 g/mol. The summed E-state index contributed by atoms with van der Waals surface area (Å²) in [6.45, 7) is 4.56. The summed E-state index contributed by atoms with van der Waals surface area (Å²) >= 11 is 0. The normalized spacial score (nSPS) is 16.5. The third kappa shape index (κ3) is 4.31. The molecule has 29 heavy (non-hydrogen) atoms. The molecule has 1 saturated heterocycles. The Morgan fingerprint density at radius 2 is 2.24 bits per heavy atom. The molecule has 1 atom stereocenters. The molecule has 1 amide bonds. The van der Waals surface area contributed by atoms with Gasteiger partial charge in [-0.1, -0.05) is 6.07 Å². The molecule has 1 fully saturated rings. The number of nitrogens with one attached hydrogen (secondary N) is 2. The first-order valence-electron chi connectivity index (χ1n) is 9.61. The highest BCUT2D eigenvalue weighted by molar-refractivity contribution is 5.92.